The zero-order valence-corrected chi connectivity index (χ0v) is 11.3. The first kappa shape index (κ1) is 12.4. The van der Waals surface area contributed by atoms with Gasteiger partial charge in [-0.2, -0.15) is 0 Å². The van der Waals surface area contributed by atoms with Gasteiger partial charge in [-0.3, -0.25) is 0 Å². The first-order valence-electron chi connectivity index (χ1n) is 6.73. The smallest absolute Gasteiger partial charge is 0.147 e. The van der Waals surface area contributed by atoms with Gasteiger partial charge >= 0.3 is 0 Å². The molecule has 1 atom stereocenters. The standard InChI is InChI=1S/C16H18FNO/c1-10-6-7-15(13(17)8-10)18-11(2)9-12-14(18)4-3-5-16(12)19/h6-9,16,19H,3-5H2,1-2H3. The lowest BCUT2D eigenvalue weighted by atomic mass is 9.95. The van der Waals surface area contributed by atoms with Crippen molar-refractivity contribution in [2.75, 3.05) is 0 Å². The number of benzene rings is 1. The Morgan fingerprint density at radius 1 is 1.26 bits per heavy atom. The van der Waals surface area contributed by atoms with Gasteiger partial charge in [-0.15, -0.1) is 0 Å². The van der Waals surface area contributed by atoms with Crippen LogP contribution in [0.5, 0.6) is 0 Å². The highest BCUT2D eigenvalue weighted by atomic mass is 19.1. The minimum Gasteiger partial charge on any atom is -0.388 e. The Kier molecular flexibility index (Phi) is 2.94. The summed E-state index contributed by atoms with van der Waals surface area (Å²) in [6, 6.07) is 7.28. The topological polar surface area (TPSA) is 25.2 Å². The maximum atomic E-state index is 14.2. The molecule has 19 heavy (non-hydrogen) atoms. The van der Waals surface area contributed by atoms with Crippen LogP contribution in [0.2, 0.25) is 0 Å². The summed E-state index contributed by atoms with van der Waals surface area (Å²) >= 11 is 0. The van der Waals surface area contributed by atoms with E-state index in [9.17, 15) is 9.50 Å². The van der Waals surface area contributed by atoms with Crippen molar-refractivity contribution in [2.24, 2.45) is 0 Å². The molecule has 2 aromatic rings. The van der Waals surface area contributed by atoms with Gasteiger partial charge in [-0.05, 0) is 56.9 Å². The molecule has 0 spiro atoms. The molecule has 100 valence electrons. The van der Waals surface area contributed by atoms with Gasteiger partial charge in [-0.1, -0.05) is 6.07 Å². The predicted molar refractivity (Wildman–Crippen MR) is 73.1 cm³/mol. The number of hydrogen-bond donors (Lipinski definition) is 1. The molecule has 1 aromatic heterocycles. The van der Waals surface area contributed by atoms with E-state index < -0.39 is 6.10 Å². The summed E-state index contributed by atoms with van der Waals surface area (Å²) in [6.07, 6.45) is 2.24. The van der Waals surface area contributed by atoms with Crippen LogP contribution >= 0.6 is 0 Å². The average molecular weight is 259 g/mol. The molecular weight excluding hydrogens is 241 g/mol. The number of aromatic nitrogens is 1. The zero-order valence-electron chi connectivity index (χ0n) is 11.3. The van der Waals surface area contributed by atoms with Crippen molar-refractivity contribution in [1.29, 1.82) is 0 Å². The van der Waals surface area contributed by atoms with Gasteiger partial charge in [0.05, 0.1) is 11.8 Å². The van der Waals surface area contributed by atoms with Gasteiger partial charge in [0.2, 0.25) is 0 Å². The number of nitrogens with zero attached hydrogens (tertiary/aromatic N) is 1. The van der Waals surface area contributed by atoms with Crippen LogP contribution in [0.3, 0.4) is 0 Å². The SMILES string of the molecule is Cc1ccc(-n2c(C)cc3c2CCCC3O)c(F)c1. The summed E-state index contributed by atoms with van der Waals surface area (Å²) in [5.74, 6) is -0.207. The third kappa shape index (κ3) is 1.98. The Morgan fingerprint density at radius 2 is 2.05 bits per heavy atom. The Hall–Kier alpha value is -1.61. The third-order valence-electron chi connectivity index (χ3n) is 3.91. The molecule has 3 rings (SSSR count). The van der Waals surface area contributed by atoms with Gasteiger partial charge < -0.3 is 9.67 Å². The minimum atomic E-state index is -0.405. The normalized spacial score (nSPS) is 18.4. The molecule has 0 radical (unpaired) electrons. The molecule has 1 aliphatic rings. The highest BCUT2D eigenvalue weighted by Gasteiger charge is 2.24. The summed E-state index contributed by atoms with van der Waals surface area (Å²) in [4.78, 5) is 0. The molecule has 1 heterocycles. The number of aliphatic hydroxyl groups excluding tert-OH is 1. The zero-order chi connectivity index (χ0) is 13.6. The first-order valence-corrected chi connectivity index (χ1v) is 6.73. The van der Waals surface area contributed by atoms with Crippen LogP contribution in [0.1, 0.15) is 41.5 Å². The highest BCUT2D eigenvalue weighted by molar-refractivity contribution is 5.45. The molecule has 1 N–H and O–H groups in total. The Morgan fingerprint density at radius 3 is 2.79 bits per heavy atom. The van der Waals surface area contributed by atoms with Crippen molar-refractivity contribution in [2.45, 2.75) is 39.2 Å². The summed E-state index contributed by atoms with van der Waals surface area (Å²) in [6.45, 7) is 3.85. The molecule has 2 nitrogen and oxygen atoms in total. The van der Waals surface area contributed by atoms with E-state index in [2.05, 4.69) is 0 Å². The van der Waals surface area contributed by atoms with Crippen LogP contribution in [0.15, 0.2) is 24.3 Å². The summed E-state index contributed by atoms with van der Waals surface area (Å²) < 4.78 is 16.1. The molecular formula is C16H18FNO. The maximum absolute atomic E-state index is 14.2. The van der Waals surface area contributed by atoms with E-state index in [1.807, 2.05) is 36.6 Å². The van der Waals surface area contributed by atoms with E-state index in [0.29, 0.717) is 5.69 Å². The van der Waals surface area contributed by atoms with E-state index >= 15 is 0 Å². The third-order valence-corrected chi connectivity index (χ3v) is 3.91. The number of aliphatic hydroxyl groups is 1. The lowest BCUT2D eigenvalue weighted by molar-refractivity contribution is 0.156. The van der Waals surface area contributed by atoms with E-state index in [-0.39, 0.29) is 5.82 Å². The molecule has 0 fully saturated rings. The number of aryl methyl sites for hydroxylation is 2. The Balaban J connectivity index is 2.20. The van der Waals surface area contributed by atoms with Crippen LogP contribution in [0.4, 0.5) is 4.39 Å². The van der Waals surface area contributed by atoms with Gasteiger partial charge in [0.15, 0.2) is 0 Å². The van der Waals surface area contributed by atoms with Gasteiger partial charge in [-0.25, -0.2) is 4.39 Å². The van der Waals surface area contributed by atoms with Crippen molar-refractivity contribution in [1.82, 2.24) is 4.57 Å². The van der Waals surface area contributed by atoms with E-state index in [4.69, 9.17) is 0 Å². The Bertz CT molecular complexity index is 630. The van der Waals surface area contributed by atoms with Crippen LogP contribution in [0.25, 0.3) is 5.69 Å². The molecule has 0 bridgehead atoms. The van der Waals surface area contributed by atoms with Crippen LogP contribution in [-0.4, -0.2) is 9.67 Å². The monoisotopic (exact) mass is 259 g/mol. The molecule has 3 heteroatoms. The molecule has 0 saturated carbocycles. The number of hydrogen-bond acceptors (Lipinski definition) is 1. The summed E-state index contributed by atoms with van der Waals surface area (Å²) in [5.41, 5.74) is 4.50. The average Bonchev–Trinajstić information content (AvgIpc) is 2.68. The predicted octanol–water partition coefficient (Wildman–Crippen LogP) is 3.60. The van der Waals surface area contributed by atoms with Crippen LogP contribution in [0, 0.1) is 19.7 Å². The molecule has 1 aromatic carbocycles. The fraction of sp³-hybridized carbons (Fsp3) is 0.375. The number of rotatable bonds is 1. The fourth-order valence-electron chi connectivity index (χ4n) is 3.01. The second-order valence-corrected chi connectivity index (χ2v) is 5.39. The van der Waals surface area contributed by atoms with Crippen molar-refractivity contribution in [3.63, 3.8) is 0 Å². The molecule has 1 aliphatic carbocycles. The van der Waals surface area contributed by atoms with E-state index in [1.54, 1.807) is 6.07 Å². The first-order chi connectivity index (χ1) is 9.08. The fourth-order valence-corrected chi connectivity index (χ4v) is 3.01. The summed E-state index contributed by atoms with van der Waals surface area (Å²) in [7, 11) is 0. The maximum Gasteiger partial charge on any atom is 0.147 e. The van der Waals surface area contributed by atoms with Gasteiger partial charge in [0.25, 0.3) is 0 Å². The minimum absolute atomic E-state index is 0.207. The van der Waals surface area contributed by atoms with Crippen molar-refractivity contribution < 1.29 is 9.50 Å². The molecule has 0 aliphatic heterocycles. The van der Waals surface area contributed by atoms with Gasteiger partial charge in [0.1, 0.15) is 5.82 Å². The highest BCUT2D eigenvalue weighted by Crippen LogP contribution is 2.34. The van der Waals surface area contributed by atoms with E-state index in [0.717, 1.165) is 41.8 Å². The van der Waals surface area contributed by atoms with Crippen LogP contribution in [-0.2, 0) is 6.42 Å². The second-order valence-electron chi connectivity index (χ2n) is 5.39. The summed E-state index contributed by atoms with van der Waals surface area (Å²) in [5, 5.41) is 10.1. The van der Waals surface area contributed by atoms with Crippen LogP contribution < -0.4 is 0 Å². The lowest BCUT2D eigenvalue weighted by Crippen LogP contribution is -2.12. The molecule has 0 saturated heterocycles. The van der Waals surface area contributed by atoms with Crippen molar-refractivity contribution in [3.05, 3.63) is 52.6 Å². The van der Waals surface area contributed by atoms with Gasteiger partial charge in [0, 0.05) is 17.0 Å². The number of halogens is 1. The second kappa shape index (κ2) is 4.49. The molecule has 0 amide bonds. The quantitative estimate of drug-likeness (QED) is 0.831. The van der Waals surface area contributed by atoms with Crippen molar-refractivity contribution in [3.8, 4) is 5.69 Å². The lowest BCUT2D eigenvalue weighted by Gasteiger charge is -2.20. The molecule has 1 unspecified atom stereocenters. The van der Waals surface area contributed by atoms with E-state index in [1.165, 1.54) is 0 Å². The largest absolute Gasteiger partial charge is 0.388 e. The van der Waals surface area contributed by atoms with Crippen molar-refractivity contribution >= 4 is 0 Å². The number of fused-ring (bicyclic) bond motifs is 1. The Labute approximate surface area is 112 Å².